The van der Waals surface area contributed by atoms with Crippen LogP contribution in [0, 0.1) is 6.92 Å². The molecule has 0 aliphatic heterocycles. The highest BCUT2D eigenvalue weighted by atomic mass is 32.1. The smallest absolute Gasteiger partial charge is 0.267 e. The summed E-state index contributed by atoms with van der Waals surface area (Å²) in [5.41, 5.74) is 3.51. The van der Waals surface area contributed by atoms with Gasteiger partial charge in [-0.1, -0.05) is 31.2 Å². The SMILES string of the molecule is CCc1ccc(-c2csc(NC(=O)c3sc4nc(CN(C)C)[nH]c(=O)c4c3C)n2)cc1. The van der Waals surface area contributed by atoms with Gasteiger partial charge in [-0.25, -0.2) is 9.97 Å². The predicted molar refractivity (Wildman–Crippen MR) is 127 cm³/mol. The van der Waals surface area contributed by atoms with Gasteiger partial charge in [0, 0.05) is 10.9 Å². The van der Waals surface area contributed by atoms with Crippen LogP contribution in [0.5, 0.6) is 0 Å². The summed E-state index contributed by atoms with van der Waals surface area (Å²) in [7, 11) is 3.81. The molecule has 0 aliphatic rings. The number of nitrogens with zero attached hydrogens (tertiary/aromatic N) is 3. The van der Waals surface area contributed by atoms with E-state index in [1.54, 1.807) is 6.92 Å². The number of aromatic nitrogens is 3. The third kappa shape index (κ3) is 4.43. The summed E-state index contributed by atoms with van der Waals surface area (Å²) in [5.74, 6) is 0.297. The number of carbonyl (C=O) groups is 1. The molecule has 0 saturated carbocycles. The van der Waals surface area contributed by atoms with Crippen LogP contribution in [0.1, 0.15) is 33.5 Å². The molecule has 0 fully saturated rings. The van der Waals surface area contributed by atoms with Crippen molar-refractivity contribution in [3.05, 3.63) is 61.8 Å². The van der Waals surface area contributed by atoms with Crippen molar-refractivity contribution >= 4 is 43.9 Å². The number of hydrogen-bond acceptors (Lipinski definition) is 7. The van der Waals surface area contributed by atoms with Crippen molar-refractivity contribution in [2.24, 2.45) is 0 Å². The lowest BCUT2D eigenvalue weighted by molar-refractivity contribution is 0.103. The zero-order chi connectivity index (χ0) is 22.1. The molecule has 0 saturated heterocycles. The van der Waals surface area contributed by atoms with Gasteiger partial charge in [-0.15, -0.1) is 22.7 Å². The Morgan fingerprint density at radius 2 is 1.94 bits per heavy atom. The lowest BCUT2D eigenvalue weighted by atomic mass is 10.1. The number of amides is 1. The molecule has 1 amide bonds. The topological polar surface area (TPSA) is 91.0 Å². The van der Waals surface area contributed by atoms with E-state index in [-0.39, 0.29) is 11.5 Å². The minimum atomic E-state index is -0.281. The molecule has 3 heterocycles. The summed E-state index contributed by atoms with van der Waals surface area (Å²) in [5, 5.41) is 5.78. The third-order valence-electron chi connectivity index (χ3n) is 4.90. The fourth-order valence-electron chi connectivity index (χ4n) is 3.31. The van der Waals surface area contributed by atoms with Crippen LogP contribution in [-0.2, 0) is 13.0 Å². The Kier molecular flexibility index (Phi) is 5.99. The van der Waals surface area contributed by atoms with Crippen LogP contribution >= 0.6 is 22.7 Å². The number of H-pyrrole nitrogens is 1. The van der Waals surface area contributed by atoms with Crippen LogP contribution in [0.25, 0.3) is 21.5 Å². The Hall–Kier alpha value is -2.88. The van der Waals surface area contributed by atoms with Gasteiger partial charge in [0.25, 0.3) is 11.5 Å². The Balaban J connectivity index is 1.58. The van der Waals surface area contributed by atoms with Gasteiger partial charge in [0.2, 0.25) is 0 Å². The Morgan fingerprint density at radius 1 is 1.19 bits per heavy atom. The van der Waals surface area contributed by atoms with Gasteiger partial charge in [0.05, 0.1) is 22.5 Å². The van der Waals surface area contributed by atoms with E-state index in [0.29, 0.717) is 38.2 Å². The van der Waals surface area contributed by atoms with Gasteiger partial charge in [-0.2, -0.15) is 0 Å². The number of benzene rings is 1. The number of thiazole rings is 1. The maximum absolute atomic E-state index is 12.9. The van der Waals surface area contributed by atoms with E-state index in [0.717, 1.165) is 17.7 Å². The average Bonchev–Trinajstić information content (AvgIpc) is 3.32. The minimum absolute atomic E-state index is 0.221. The molecule has 160 valence electrons. The zero-order valence-corrected chi connectivity index (χ0v) is 19.4. The highest BCUT2D eigenvalue weighted by Gasteiger charge is 2.20. The first-order chi connectivity index (χ1) is 14.9. The van der Waals surface area contributed by atoms with Crippen LogP contribution in [0.2, 0.25) is 0 Å². The fourth-order valence-corrected chi connectivity index (χ4v) is 5.12. The summed E-state index contributed by atoms with van der Waals surface area (Å²) < 4.78 is 0. The van der Waals surface area contributed by atoms with Crippen molar-refractivity contribution in [1.29, 1.82) is 0 Å². The number of carbonyl (C=O) groups excluding carboxylic acids is 1. The molecule has 0 bridgehead atoms. The molecule has 4 aromatic rings. The summed E-state index contributed by atoms with van der Waals surface area (Å²) in [4.78, 5) is 40.3. The molecule has 0 radical (unpaired) electrons. The highest BCUT2D eigenvalue weighted by molar-refractivity contribution is 7.21. The Bertz CT molecular complexity index is 1300. The standard InChI is InChI=1S/C22H23N5O2S2/c1-5-13-6-8-14(9-7-13)15-11-30-22(23-15)26-20(29)18-12(2)17-19(28)24-16(10-27(3)4)25-21(17)31-18/h6-9,11H,5,10H2,1-4H3,(H,23,26,29)(H,24,25,28). The Morgan fingerprint density at radius 3 is 2.61 bits per heavy atom. The molecule has 7 nitrogen and oxygen atoms in total. The quantitative estimate of drug-likeness (QED) is 0.454. The van der Waals surface area contributed by atoms with Gasteiger partial charge in [0.1, 0.15) is 10.7 Å². The minimum Gasteiger partial charge on any atom is -0.309 e. The number of fused-ring (bicyclic) bond motifs is 1. The van der Waals surface area contributed by atoms with Crippen molar-refractivity contribution in [1.82, 2.24) is 19.9 Å². The van der Waals surface area contributed by atoms with Crippen LogP contribution in [0.3, 0.4) is 0 Å². The molecule has 0 aliphatic carbocycles. The van der Waals surface area contributed by atoms with Gasteiger partial charge in [-0.3, -0.25) is 14.9 Å². The first-order valence-corrected chi connectivity index (χ1v) is 11.6. The second-order valence-corrected chi connectivity index (χ2v) is 9.39. The molecular formula is C22H23N5O2S2. The number of hydrogen-bond donors (Lipinski definition) is 2. The van der Waals surface area contributed by atoms with Crippen molar-refractivity contribution in [2.75, 3.05) is 19.4 Å². The summed E-state index contributed by atoms with van der Waals surface area (Å²) in [6.07, 6.45) is 0.988. The van der Waals surface area contributed by atoms with Crippen molar-refractivity contribution in [2.45, 2.75) is 26.8 Å². The second-order valence-electron chi connectivity index (χ2n) is 7.53. The van der Waals surface area contributed by atoms with Crippen molar-refractivity contribution in [3.8, 4) is 11.3 Å². The number of aromatic amines is 1. The molecule has 1 aromatic carbocycles. The second kappa shape index (κ2) is 8.70. The fraction of sp³-hybridized carbons (Fsp3) is 0.273. The number of rotatable bonds is 6. The molecule has 0 unspecified atom stereocenters. The van der Waals surface area contributed by atoms with E-state index in [4.69, 9.17) is 0 Å². The van der Waals surface area contributed by atoms with E-state index in [1.165, 1.54) is 28.2 Å². The van der Waals surface area contributed by atoms with E-state index in [1.807, 2.05) is 36.5 Å². The van der Waals surface area contributed by atoms with Crippen LogP contribution in [-0.4, -0.2) is 39.9 Å². The molecule has 0 atom stereocenters. The third-order valence-corrected chi connectivity index (χ3v) is 6.85. The van der Waals surface area contributed by atoms with Crippen LogP contribution in [0.15, 0.2) is 34.4 Å². The first kappa shape index (κ1) is 21.4. The van der Waals surface area contributed by atoms with E-state index in [2.05, 4.69) is 39.3 Å². The maximum atomic E-state index is 12.9. The van der Waals surface area contributed by atoms with E-state index < -0.39 is 0 Å². The van der Waals surface area contributed by atoms with Crippen LogP contribution in [0.4, 0.5) is 5.13 Å². The lowest BCUT2D eigenvalue weighted by Crippen LogP contribution is -2.18. The normalized spacial score (nSPS) is 11.4. The number of anilines is 1. The molecule has 2 N–H and O–H groups in total. The van der Waals surface area contributed by atoms with Gasteiger partial charge in [-0.05, 0) is 38.6 Å². The van der Waals surface area contributed by atoms with Gasteiger partial charge in [0.15, 0.2) is 5.13 Å². The number of thiophene rings is 1. The highest BCUT2D eigenvalue weighted by Crippen LogP contribution is 2.30. The largest absolute Gasteiger partial charge is 0.309 e. The zero-order valence-electron chi connectivity index (χ0n) is 17.8. The van der Waals surface area contributed by atoms with E-state index in [9.17, 15) is 9.59 Å². The van der Waals surface area contributed by atoms with Crippen molar-refractivity contribution < 1.29 is 4.79 Å². The predicted octanol–water partition coefficient (Wildman–Crippen LogP) is 4.29. The summed E-state index contributed by atoms with van der Waals surface area (Å²) in [6.45, 7) is 4.41. The first-order valence-electron chi connectivity index (χ1n) is 9.89. The molecular weight excluding hydrogens is 430 g/mol. The number of nitrogens with one attached hydrogen (secondary N) is 2. The monoisotopic (exact) mass is 453 g/mol. The Labute approximate surface area is 187 Å². The summed E-state index contributed by atoms with van der Waals surface area (Å²) in [6, 6.07) is 8.25. The summed E-state index contributed by atoms with van der Waals surface area (Å²) >= 11 is 2.60. The molecule has 4 rings (SSSR count). The molecule has 9 heteroatoms. The molecule has 31 heavy (non-hydrogen) atoms. The van der Waals surface area contributed by atoms with Crippen molar-refractivity contribution in [3.63, 3.8) is 0 Å². The van der Waals surface area contributed by atoms with Gasteiger partial charge < -0.3 is 9.88 Å². The van der Waals surface area contributed by atoms with E-state index >= 15 is 0 Å². The molecule has 0 spiro atoms. The van der Waals surface area contributed by atoms with Crippen LogP contribution < -0.4 is 10.9 Å². The average molecular weight is 454 g/mol. The number of aryl methyl sites for hydroxylation is 2. The molecule has 3 aromatic heterocycles. The van der Waals surface area contributed by atoms with Gasteiger partial charge >= 0.3 is 0 Å². The maximum Gasteiger partial charge on any atom is 0.267 e. The lowest BCUT2D eigenvalue weighted by Gasteiger charge is -2.07.